The molecule has 0 aromatic carbocycles. The van der Waals surface area contributed by atoms with E-state index in [0.29, 0.717) is 0 Å². The number of nitrogens with zero attached hydrogens (tertiary/aromatic N) is 1. The predicted molar refractivity (Wildman–Crippen MR) is 84.9 cm³/mol. The summed E-state index contributed by atoms with van der Waals surface area (Å²) in [5, 5.41) is 5.50. The van der Waals surface area contributed by atoms with Gasteiger partial charge in [0.05, 0.1) is 6.54 Å². The highest BCUT2D eigenvalue weighted by Crippen LogP contribution is 2.18. The highest BCUT2D eigenvalue weighted by Gasteiger charge is 2.10. The molecule has 110 valence electrons. The Bertz CT molecular complexity index is 505. The van der Waals surface area contributed by atoms with E-state index in [1.54, 1.807) is 0 Å². The summed E-state index contributed by atoms with van der Waals surface area (Å²) in [6, 6.07) is 6.47. The minimum absolute atomic E-state index is 0.823. The van der Waals surface area contributed by atoms with Crippen LogP contribution in [0.25, 0.3) is 0 Å². The molecule has 0 radical (unpaired) electrons. The Kier molecular flexibility index (Phi) is 5.83. The molecule has 2 heterocycles. The first-order valence-electron chi connectivity index (χ1n) is 7.19. The lowest BCUT2D eigenvalue weighted by molar-refractivity contribution is 0.319. The third-order valence-corrected chi connectivity index (χ3v) is 4.10. The number of furan rings is 1. The molecule has 0 atom stereocenters. The lowest BCUT2D eigenvalue weighted by Gasteiger charge is -2.14. The molecule has 2 aromatic heterocycles. The highest BCUT2D eigenvalue weighted by atomic mass is 32.1. The van der Waals surface area contributed by atoms with Gasteiger partial charge in [-0.15, -0.1) is 11.3 Å². The van der Waals surface area contributed by atoms with Gasteiger partial charge < -0.3 is 9.73 Å². The summed E-state index contributed by atoms with van der Waals surface area (Å²) in [5.74, 6) is 2.08. The van der Waals surface area contributed by atoms with E-state index in [1.165, 1.54) is 10.4 Å². The Hall–Kier alpha value is -1.10. The molecule has 4 heteroatoms. The number of hydrogen-bond acceptors (Lipinski definition) is 4. The molecule has 2 aromatic rings. The third kappa shape index (κ3) is 4.47. The number of thiophene rings is 1. The van der Waals surface area contributed by atoms with E-state index in [2.05, 4.69) is 54.7 Å². The summed E-state index contributed by atoms with van der Waals surface area (Å²) in [6.45, 7) is 8.01. The Labute approximate surface area is 125 Å². The first-order valence-corrected chi connectivity index (χ1v) is 8.06. The summed E-state index contributed by atoms with van der Waals surface area (Å²) in [5.41, 5.74) is 1.29. The van der Waals surface area contributed by atoms with E-state index in [9.17, 15) is 0 Å². The zero-order valence-electron chi connectivity index (χ0n) is 12.6. The number of aryl methyl sites for hydroxylation is 1. The van der Waals surface area contributed by atoms with Crippen LogP contribution in [0.2, 0.25) is 0 Å². The standard InChI is InChI=1S/C16H24N2OS/c1-4-7-17-10-15-9-14(13(2)19-15)11-18(3)12-16-6-5-8-20-16/h5-6,8-9,17H,4,7,10-12H2,1-3H3. The molecule has 0 aliphatic rings. The second-order valence-corrected chi connectivity index (χ2v) is 6.25. The molecule has 0 unspecified atom stereocenters. The average molecular weight is 292 g/mol. The van der Waals surface area contributed by atoms with Gasteiger partial charge >= 0.3 is 0 Å². The fourth-order valence-corrected chi connectivity index (χ4v) is 3.02. The van der Waals surface area contributed by atoms with Crippen LogP contribution in [-0.2, 0) is 19.6 Å². The molecule has 0 saturated heterocycles. The maximum atomic E-state index is 5.81. The molecule has 0 fully saturated rings. The summed E-state index contributed by atoms with van der Waals surface area (Å²) >= 11 is 1.81. The first-order chi connectivity index (χ1) is 9.69. The minimum atomic E-state index is 0.823. The van der Waals surface area contributed by atoms with Gasteiger partial charge in [0, 0.05) is 23.5 Å². The maximum absolute atomic E-state index is 5.81. The van der Waals surface area contributed by atoms with Crippen molar-refractivity contribution in [2.45, 2.75) is 39.9 Å². The van der Waals surface area contributed by atoms with Crippen molar-refractivity contribution in [3.63, 3.8) is 0 Å². The Morgan fingerprint density at radius 1 is 1.35 bits per heavy atom. The quantitative estimate of drug-likeness (QED) is 0.751. The largest absolute Gasteiger partial charge is 0.465 e. The van der Waals surface area contributed by atoms with Crippen LogP contribution in [0.5, 0.6) is 0 Å². The van der Waals surface area contributed by atoms with Crippen molar-refractivity contribution >= 4 is 11.3 Å². The topological polar surface area (TPSA) is 28.4 Å². The molecule has 2 rings (SSSR count). The number of nitrogens with one attached hydrogen (secondary N) is 1. The molecule has 0 aliphatic carbocycles. The van der Waals surface area contributed by atoms with Crippen molar-refractivity contribution in [2.24, 2.45) is 0 Å². The Balaban J connectivity index is 1.88. The van der Waals surface area contributed by atoms with Crippen molar-refractivity contribution in [2.75, 3.05) is 13.6 Å². The SMILES string of the molecule is CCCNCc1cc(CN(C)Cc2cccs2)c(C)o1. The lowest BCUT2D eigenvalue weighted by Crippen LogP contribution is -2.16. The highest BCUT2D eigenvalue weighted by molar-refractivity contribution is 7.09. The van der Waals surface area contributed by atoms with Crippen molar-refractivity contribution in [1.82, 2.24) is 10.2 Å². The van der Waals surface area contributed by atoms with E-state index in [0.717, 1.165) is 44.1 Å². The van der Waals surface area contributed by atoms with Crippen molar-refractivity contribution in [3.8, 4) is 0 Å². The molecule has 0 aliphatic heterocycles. The van der Waals surface area contributed by atoms with Crippen LogP contribution >= 0.6 is 11.3 Å². The van der Waals surface area contributed by atoms with E-state index in [1.807, 2.05) is 11.3 Å². The molecular weight excluding hydrogens is 268 g/mol. The van der Waals surface area contributed by atoms with Crippen LogP contribution in [0.4, 0.5) is 0 Å². The fraction of sp³-hybridized carbons (Fsp3) is 0.500. The third-order valence-electron chi connectivity index (χ3n) is 3.24. The van der Waals surface area contributed by atoms with Gasteiger partial charge in [-0.3, -0.25) is 4.90 Å². The monoisotopic (exact) mass is 292 g/mol. The Morgan fingerprint density at radius 2 is 2.20 bits per heavy atom. The number of rotatable bonds is 8. The van der Waals surface area contributed by atoms with Crippen LogP contribution in [0.3, 0.4) is 0 Å². The molecule has 0 saturated carbocycles. The second-order valence-electron chi connectivity index (χ2n) is 5.22. The predicted octanol–water partition coefficient (Wildman–Crippen LogP) is 3.78. The molecule has 1 N–H and O–H groups in total. The molecule has 0 amide bonds. The summed E-state index contributed by atoms with van der Waals surface area (Å²) < 4.78 is 5.81. The minimum Gasteiger partial charge on any atom is -0.465 e. The van der Waals surface area contributed by atoms with Gasteiger partial charge in [0.25, 0.3) is 0 Å². The van der Waals surface area contributed by atoms with Gasteiger partial charge in [-0.1, -0.05) is 13.0 Å². The van der Waals surface area contributed by atoms with Crippen LogP contribution in [0, 0.1) is 6.92 Å². The molecule has 0 spiro atoms. The van der Waals surface area contributed by atoms with Crippen molar-refractivity contribution in [3.05, 3.63) is 45.5 Å². The van der Waals surface area contributed by atoms with E-state index in [-0.39, 0.29) is 0 Å². The number of hydrogen-bond donors (Lipinski definition) is 1. The van der Waals surface area contributed by atoms with Crippen LogP contribution in [0.1, 0.15) is 35.3 Å². The van der Waals surface area contributed by atoms with Gasteiger partial charge in [-0.25, -0.2) is 0 Å². The van der Waals surface area contributed by atoms with Crippen molar-refractivity contribution < 1.29 is 4.42 Å². The zero-order valence-corrected chi connectivity index (χ0v) is 13.4. The molecular formula is C16H24N2OS. The van der Waals surface area contributed by atoms with E-state index in [4.69, 9.17) is 4.42 Å². The molecule has 0 bridgehead atoms. The Morgan fingerprint density at radius 3 is 2.90 bits per heavy atom. The van der Waals surface area contributed by atoms with Crippen molar-refractivity contribution in [1.29, 1.82) is 0 Å². The first kappa shape index (κ1) is 15.3. The summed E-state index contributed by atoms with van der Waals surface area (Å²) in [6.07, 6.45) is 1.15. The average Bonchev–Trinajstić information content (AvgIpc) is 3.01. The molecule has 20 heavy (non-hydrogen) atoms. The van der Waals surface area contributed by atoms with Crippen LogP contribution < -0.4 is 5.32 Å². The fourth-order valence-electron chi connectivity index (χ4n) is 2.24. The van der Waals surface area contributed by atoms with Gasteiger partial charge in [-0.05, 0) is 44.4 Å². The van der Waals surface area contributed by atoms with Gasteiger partial charge in [-0.2, -0.15) is 0 Å². The van der Waals surface area contributed by atoms with Crippen LogP contribution in [-0.4, -0.2) is 18.5 Å². The summed E-state index contributed by atoms with van der Waals surface area (Å²) in [7, 11) is 2.15. The second kappa shape index (κ2) is 7.62. The zero-order chi connectivity index (χ0) is 14.4. The van der Waals surface area contributed by atoms with E-state index < -0.39 is 0 Å². The van der Waals surface area contributed by atoms with Crippen LogP contribution in [0.15, 0.2) is 28.0 Å². The summed E-state index contributed by atoms with van der Waals surface area (Å²) in [4.78, 5) is 3.73. The normalized spacial score (nSPS) is 11.4. The van der Waals surface area contributed by atoms with Gasteiger partial charge in [0.15, 0.2) is 0 Å². The van der Waals surface area contributed by atoms with E-state index >= 15 is 0 Å². The molecule has 3 nitrogen and oxygen atoms in total. The maximum Gasteiger partial charge on any atom is 0.118 e. The lowest BCUT2D eigenvalue weighted by atomic mass is 10.2. The smallest absolute Gasteiger partial charge is 0.118 e. The van der Waals surface area contributed by atoms with Gasteiger partial charge in [0.1, 0.15) is 11.5 Å². The van der Waals surface area contributed by atoms with Gasteiger partial charge in [0.2, 0.25) is 0 Å².